The quantitative estimate of drug-likeness (QED) is 0.121. The summed E-state index contributed by atoms with van der Waals surface area (Å²) in [5.41, 5.74) is 4.60. The van der Waals surface area contributed by atoms with Gasteiger partial charge in [0.25, 0.3) is 0 Å². The van der Waals surface area contributed by atoms with Crippen molar-refractivity contribution in [1.82, 2.24) is 24.5 Å². The van der Waals surface area contributed by atoms with Crippen LogP contribution < -0.4 is 4.72 Å². The van der Waals surface area contributed by atoms with Gasteiger partial charge in [-0.05, 0) is 106 Å². The van der Waals surface area contributed by atoms with Crippen molar-refractivity contribution < 1.29 is 13.4 Å². The first-order valence-corrected chi connectivity index (χ1v) is 24.9. The minimum Gasteiger partial charge on any atom is -0.598 e. The molecule has 2 atom stereocenters. The van der Waals surface area contributed by atoms with E-state index in [2.05, 4.69) is 103 Å². The van der Waals surface area contributed by atoms with Crippen LogP contribution in [-0.4, -0.2) is 51.8 Å². The Labute approximate surface area is 305 Å². The number of nitrogens with one attached hydrogen (secondary N) is 1. The van der Waals surface area contributed by atoms with E-state index in [1.54, 1.807) is 0 Å². The summed E-state index contributed by atoms with van der Waals surface area (Å²) in [5.74, 6) is 1.03. The van der Waals surface area contributed by atoms with Crippen molar-refractivity contribution in [3.8, 4) is 17.1 Å². The van der Waals surface area contributed by atoms with Gasteiger partial charge in [0.1, 0.15) is 4.75 Å². The molecule has 4 aromatic rings. The van der Waals surface area contributed by atoms with Crippen LogP contribution in [0.4, 0.5) is 0 Å². The van der Waals surface area contributed by atoms with Crippen LogP contribution in [0.1, 0.15) is 92.6 Å². The summed E-state index contributed by atoms with van der Waals surface area (Å²) in [6.45, 7) is 29.2. The van der Waals surface area contributed by atoms with Gasteiger partial charge in [0, 0.05) is 28.4 Å². The lowest BCUT2D eigenvalue weighted by Gasteiger charge is -2.46. The standard InChI is InChI=1S/C39H59N5O3SSi2/c1-37(2,3)48(45)43-36(29-22-31(23-29)47-50(12,13)39(7,8)9)33-18-15-17-32(42-33)27-20-21-28-25-40-44(34(28)24-27)35-19-14-16-30(41-35)26-46-49(10,11)38(4,5)6/h14-21,24-25,29,31,36,43H,22-23,26H2,1-13H3/t29?,31?,36-,48?/m1/s1. The number of fused-ring (bicyclic) bond motifs is 1. The van der Waals surface area contributed by atoms with Gasteiger partial charge in [0.05, 0.1) is 41.4 Å². The Hall–Kier alpha value is -2.39. The molecule has 1 saturated carbocycles. The summed E-state index contributed by atoms with van der Waals surface area (Å²) < 4.78 is 31.7. The first kappa shape index (κ1) is 38.8. The highest BCUT2D eigenvalue weighted by molar-refractivity contribution is 7.90. The highest BCUT2D eigenvalue weighted by Crippen LogP contribution is 2.45. The Bertz CT molecular complexity index is 1780. The highest BCUT2D eigenvalue weighted by Gasteiger charge is 2.46. The molecule has 1 N–H and O–H groups in total. The highest BCUT2D eigenvalue weighted by atomic mass is 32.2. The number of nitrogens with zero attached hydrogens (tertiary/aromatic N) is 4. The van der Waals surface area contributed by atoms with E-state index >= 15 is 0 Å². The second-order valence-electron chi connectivity index (χ2n) is 18.0. The molecule has 1 aromatic carbocycles. The predicted molar refractivity (Wildman–Crippen MR) is 213 cm³/mol. The molecule has 0 aliphatic heterocycles. The average molecular weight is 734 g/mol. The van der Waals surface area contributed by atoms with Crippen LogP contribution >= 0.6 is 0 Å². The minimum atomic E-state index is -1.91. The van der Waals surface area contributed by atoms with Crippen molar-refractivity contribution in [3.05, 3.63) is 72.2 Å². The third kappa shape index (κ3) is 8.62. The lowest BCUT2D eigenvalue weighted by atomic mass is 9.76. The molecule has 3 aromatic heterocycles. The molecule has 1 aliphatic carbocycles. The van der Waals surface area contributed by atoms with Gasteiger partial charge in [-0.15, -0.1) is 4.72 Å². The Morgan fingerprint density at radius 2 is 1.54 bits per heavy atom. The molecular weight excluding hydrogens is 675 g/mol. The monoisotopic (exact) mass is 733 g/mol. The van der Waals surface area contributed by atoms with Gasteiger partial charge >= 0.3 is 0 Å². The third-order valence-electron chi connectivity index (χ3n) is 11.0. The molecule has 11 heteroatoms. The van der Waals surface area contributed by atoms with E-state index < -0.39 is 32.7 Å². The SMILES string of the molecule is CC(C)(C)[S+]([O-])N[C@@H](c1cccc(-c2ccc3cnn(-c4cccc(CO[Si](C)(C)C(C)(C)C)n4)c3c2)n1)C1CC(O[Si](C)(C)C(C)(C)C)C1. The summed E-state index contributed by atoms with van der Waals surface area (Å²) in [6.07, 6.45) is 3.96. The first-order valence-electron chi connectivity index (χ1n) is 18.0. The van der Waals surface area contributed by atoms with Gasteiger partial charge < -0.3 is 13.4 Å². The fourth-order valence-corrected chi connectivity index (χ4v) is 8.76. The summed E-state index contributed by atoms with van der Waals surface area (Å²) in [7, 11) is -3.79. The van der Waals surface area contributed by atoms with Gasteiger partial charge in [0.15, 0.2) is 22.5 Å². The molecular formula is C39H59N5O3SSi2. The second-order valence-corrected chi connectivity index (χ2v) is 29.6. The Kier molecular flexibility index (Phi) is 11.0. The molecule has 1 aliphatic rings. The van der Waals surface area contributed by atoms with E-state index in [1.807, 2.05) is 55.9 Å². The average Bonchev–Trinajstić information content (AvgIpc) is 3.43. The molecule has 272 valence electrons. The molecule has 0 amide bonds. The third-order valence-corrected chi connectivity index (χ3v) is 21.6. The molecule has 1 unspecified atom stereocenters. The number of hydrogen-bond acceptors (Lipinski definition) is 7. The van der Waals surface area contributed by atoms with Gasteiger partial charge in [-0.25, -0.2) is 9.67 Å². The van der Waals surface area contributed by atoms with E-state index in [9.17, 15) is 4.55 Å². The lowest BCUT2D eigenvalue weighted by Crippen LogP contribution is -2.51. The van der Waals surface area contributed by atoms with Crippen LogP contribution in [0.5, 0.6) is 0 Å². The van der Waals surface area contributed by atoms with Crippen LogP contribution in [0, 0.1) is 5.92 Å². The number of rotatable bonds is 11. The Morgan fingerprint density at radius 3 is 2.18 bits per heavy atom. The fraction of sp³-hybridized carbons (Fsp3) is 0.564. The van der Waals surface area contributed by atoms with Crippen LogP contribution in [0.15, 0.2) is 60.8 Å². The summed E-state index contributed by atoms with van der Waals surface area (Å²) in [5, 5.41) is 6.04. The molecule has 50 heavy (non-hydrogen) atoms. The largest absolute Gasteiger partial charge is 0.598 e. The zero-order valence-electron chi connectivity index (χ0n) is 32.5. The lowest BCUT2D eigenvalue weighted by molar-refractivity contribution is 0.0365. The van der Waals surface area contributed by atoms with E-state index in [0.29, 0.717) is 6.61 Å². The number of pyridine rings is 2. The Balaban J connectivity index is 1.41. The topological polar surface area (TPSA) is 97.2 Å². The molecule has 1 fully saturated rings. The molecule has 5 rings (SSSR count). The smallest absolute Gasteiger partial charge is 0.192 e. The molecule has 0 saturated heterocycles. The van der Waals surface area contributed by atoms with Crippen LogP contribution in [0.2, 0.25) is 36.3 Å². The molecule has 0 bridgehead atoms. The number of hydrogen-bond donors (Lipinski definition) is 1. The molecule has 8 nitrogen and oxygen atoms in total. The van der Waals surface area contributed by atoms with Crippen molar-refractivity contribution in [3.63, 3.8) is 0 Å². The number of benzene rings is 1. The summed E-state index contributed by atoms with van der Waals surface area (Å²) >= 11 is -1.25. The molecule has 3 heterocycles. The van der Waals surface area contributed by atoms with Crippen molar-refractivity contribution in [2.75, 3.05) is 0 Å². The second kappa shape index (κ2) is 14.2. The van der Waals surface area contributed by atoms with Crippen molar-refractivity contribution in [2.24, 2.45) is 5.92 Å². The summed E-state index contributed by atoms with van der Waals surface area (Å²) in [6, 6.07) is 18.4. The normalized spacial score (nSPS) is 19.0. The zero-order valence-corrected chi connectivity index (χ0v) is 35.4. The van der Waals surface area contributed by atoms with Gasteiger partial charge in [-0.3, -0.25) is 4.98 Å². The Morgan fingerprint density at radius 1 is 0.880 bits per heavy atom. The maximum absolute atomic E-state index is 13.5. The first-order chi connectivity index (χ1) is 23.1. The summed E-state index contributed by atoms with van der Waals surface area (Å²) in [4.78, 5) is 10.2. The van der Waals surface area contributed by atoms with Gasteiger partial charge in [-0.1, -0.05) is 65.8 Å². The van der Waals surface area contributed by atoms with E-state index in [0.717, 1.165) is 52.2 Å². The fourth-order valence-electron chi connectivity index (χ4n) is 5.54. The van der Waals surface area contributed by atoms with Gasteiger partial charge in [0.2, 0.25) is 0 Å². The van der Waals surface area contributed by atoms with Crippen LogP contribution in [-0.2, 0) is 26.8 Å². The van der Waals surface area contributed by atoms with E-state index in [1.165, 1.54) is 0 Å². The predicted octanol–water partition coefficient (Wildman–Crippen LogP) is 9.90. The van der Waals surface area contributed by atoms with Crippen LogP contribution in [0.25, 0.3) is 28.0 Å². The zero-order chi connectivity index (χ0) is 36.9. The van der Waals surface area contributed by atoms with Crippen molar-refractivity contribution in [1.29, 1.82) is 0 Å². The minimum absolute atomic E-state index is 0.129. The van der Waals surface area contributed by atoms with E-state index in [-0.39, 0.29) is 28.1 Å². The maximum Gasteiger partial charge on any atom is 0.192 e. The maximum atomic E-state index is 13.5. The number of aromatic nitrogens is 4. The van der Waals surface area contributed by atoms with Crippen molar-refractivity contribution in [2.45, 2.75) is 135 Å². The molecule has 0 spiro atoms. The molecule has 0 radical (unpaired) electrons. The van der Waals surface area contributed by atoms with Crippen molar-refractivity contribution >= 4 is 38.9 Å². The van der Waals surface area contributed by atoms with E-state index in [4.69, 9.17) is 23.9 Å². The van der Waals surface area contributed by atoms with Crippen LogP contribution in [0.3, 0.4) is 0 Å². The van der Waals surface area contributed by atoms with Gasteiger partial charge in [-0.2, -0.15) is 5.10 Å².